The molecule has 37 heavy (non-hydrogen) atoms. The van der Waals surface area contributed by atoms with Gasteiger partial charge in [0, 0.05) is 18.2 Å². The highest BCUT2D eigenvalue weighted by molar-refractivity contribution is 7.92. The minimum atomic E-state index is -3.91. The first-order chi connectivity index (χ1) is 17.3. The lowest BCUT2D eigenvalue weighted by Gasteiger charge is -2.33. The Labute approximate surface area is 229 Å². The van der Waals surface area contributed by atoms with Crippen LogP contribution in [0.25, 0.3) is 0 Å². The number of hydrogen-bond donors (Lipinski definition) is 1. The zero-order chi connectivity index (χ0) is 27.9. The molecule has 202 valence electrons. The first-order valence-electron chi connectivity index (χ1n) is 11.9. The van der Waals surface area contributed by atoms with Crippen molar-refractivity contribution in [3.8, 4) is 0 Å². The number of ketones is 1. The van der Waals surface area contributed by atoms with Gasteiger partial charge in [0.15, 0.2) is 5.78 Å². The molecular formula is C26H33Cl2N3O5S. The summed E-state index contributed by atoms with van der Waals surface area (Å²) < 4.78 is 26.4. The van der Waals surface area contributed by atoms with Crippen LogP contribution < -0.4 is 9.62 Å². The molecule has 0 spiro atoms. The average Bonchev–Trinajstić information content (AvgIpc) is 2.83. The fraction of sp³-hybridized carbons (Fsp3) is 0.423. The normalized spacial score (nSPS) is 12.9. The number of hydrogen-bond acceptors (Lipinski definition) is 5. The van der Waals surface area contributed by atoms with Crippen LogP contribution in [0, 0.1) is 0 Å². The molecular weight excluding hydrogens is 537 g/mol. The van der Waals surface area contributed by atoms with E-state index >= 15 is 0 Å². The summed E-state index contributed by atoms with van der Waals surface area (Å²) in [5, 5.41) is 3.55. The minimum absolute atomic E-state index is 0.00718. The molecule has 0 heterocycles. The summed E-state index contributed by atoms with van der Waals surface area (Å²) in [6.45, 7) is 6.39. The van der Waals surface area contributed by atoms with E-state index < -0.39 is 28.5 Å². The molecule has 0 saturated heterocycles. The highest BCUT2D eigenvalue weighted by Gasteiger charge is 2.32. The quantitative estimate of drug-likeness (QED) is 0.373. The molecule has 2 aromatic rings. The molecule has 0 bridgehead atoms. The summed E-state index contributed by atoms with van der Waals surface area (Å²) in [6.07, 6.45) is 1.99. The van der Waals surface area contributed by atoms with Crippen LogP contribution in [0.2, 0.25) is 10.0 Å². The van der Waals surface area contributed by atoms with Crippen molar-refractivity contribution in [3.63, 3.8) is 0 Å². The predicted molar refractivity (Wildman–Crippen MR) is 148 cm³/mol. The minimum Gasteiger partial charge on any atom is -0.352 e. The van der Waals surface area contributed by atoms with E-state index in [1.165, 1.54) is 24.0 Å². The zero-order valence-electron chi connectivity index (χ0n) is 21.6. The van der Waals surface area contributed by atoms with Gasteiger partial charge in [-0.25, -0.2) is 8.42 Å². The van der Waals surface area contributed by atoms with Crippen molar-refractivity contribution < 1.29 is 22.8 Å². The molecule has 11 heteroatoms. The standard InChI is InChI=1S/C26H33Cl2N3O5S/c1-6-17(3)29-26(34)24(7-2)30(15-19-11-12-22(27)23(28)13-19)25(33)16-31(37(5,35)36)21-10-8-9-20(14-21)18(4)32/h8-14,17,24H,6-7,15-16H2,1-5H3,(H,29,34)/t17-,24+/m1/s1. The van der Waals surface area contributed by atoms with Gasteiger partial charge in [-0.3, -0.25) is 18.7 Å². The van der Waals surface area contributed by atoms with Gasteiger partial charge in [0.25, 0.3) is 0 Å². The van der Waals surface area contributed by atoms with Crippen LogP contribution in [0.15, 0.2) is 42.5 Å². The second-order valence-electron chi connectivity index (χ2n) is 8.89. The molecule has 0 saturated carbocycles. The van der Waals surface area contributed by atoms with Gasteiger partial charge in [0.2, 0.25) is 21.8 Å². The van der Waals surface area contributed by atoms with Crippen molar-refractivity contribution in [1.82, 2.24) is 10.2 Å². The van der Waals surface area contributed by atoms with Crippen molar-refractivity contribution in [2.75, 3.05) is 17.1 Å². The molecule has 2 amide bonds. The third-order valence-corrected chi connectivity index (χ3v) is 7.82. The first kappa shape index (κ1) is 30.6. The number of carbonyl (C=O) groups excluding carboxylic acids is 3. The van der Waals surface area contributed by atoms with Crippen LogP contribution in [0.4, 0.5) is 5.69 Å². The number of halogens is 2. The van der Waals surface area contributed by atoms with Crippen molar-refractivity contribution in [1.29, 1.82) is 0 Å². The first-order valence-corrected chi connectivity index (χ1v) is 14.5. The van der Waals surface area contributed by atoms with Crippen molar-refractivity contribution in [2.45, 2.75) is 59.2 Å². The van der Waals surface area contributed by atoms with Crippen LogP contribution in [0.5, 0.6) is 0 Å². The Morgan fingerprint density at radius 2 is 1.68 bits per heavy atom. The fourth-order valence-corrected chi connectivity index (χ4v) is 4.85. The highest BCUT2D eigenvalue weighted by Crippen LogP contribution is 2.25. The topological polar surface area (TPSA) is 104 Å². The van der Waals surface area contributed by atoms with E-state index in [9.17, 15) is 22.8 Å². The van der Waals surface area contributed by atoms with Crippen molar-refractivity contribution in [2.24, 2.45) is 0 Å². The van der Waals surface area contributed by atoms with E-state index in [2.05, 4.69) is 5.32 Å². The van der Waals surface area contributed by atoms with E-state index in [1.807, 2.05) is 13.8 Å². The van der Waals surface area contributed by atoms with Gasteiger partial charge in [0.05, 0.1) is 22.0 Å². The molecule has 0 aliphatic heterocycles. The smallest absolute Gasteiger partial charge is 0.244 e. The fourth-order valence-electron chi connectivity index (χ4n) is 3.69. The molecule has 2 rings (SSSR count). The Morgan fingerprint density at radius 1 is 1.00 bits per heavy atom. The average molecular weight is 571 g/mol. The van der Waals surface area contributed by atoms with Crippen LogP contribution >= 0.6 is 23.2 Å². The van der Waals surface area contributed by atoms with E-state index in [4.69, 9.17) is 23.2 Å². The van der Waals surface area contributed by atoms with Gasteiger partial charge in [-0.1, -0.05) is 55.2 Å². The number of rotatable bonds is 12. The second-order valence-corrected chi connectivity index (χ2v) is 11.6. The van der Waals surface area contributed by atoms with E-state index in [0.717, 1.165) is 10.6 Å². The molecule has 1 N–H and O–H groups in total. The molecule has 0 aromatic heterocycles. The number of carbonyl (C=O) groups is 3. The van der Waals surface area contributed by atoms with Crippen LogP contribution in [-0.4, -0.2) is 55.8 Å². The van der Waals surface area contributed by atoms with Crippen LogP contribution in [0.1, 0.15) is 56.5 Å². The monoisotopic (exact) mass is 569 g/mol. The zero-order valence-corrected chi connectivity index (χ0v) is 24.0. The maximum atomic E-state index is 13.7. The number of benzene rings is 2. The lowest BCUT2D eigenvalue weighted by molar-refractivity contribution is -0.140. The number of anilines is 1. The number of Topliss-reactive ketones (excluding diaryl/α,β-unsaturated/α-hetero) is 1. The number of nitrogens with one attached hydrogen (secondary N) is 1. The maximum absolute atomic E-state index is 13.7. The molecule has 0 radical (unpaired) electrons. The van der Waals surface area contributed by atoms with Gasteiger partial charge >= 0.3 is 0 Å². The summed E-state index contributed by atoms with van der Waals surface area (Å²) >= 11 is 12.2. The molecule has 0 fully saturated rings. The van der Waals surface area contributed by atoms with E-state index in [1.54, 1.807) is 37.3 Å². The lowest BCUT2D eigenvalue weighted by Crippen LogP contribution is -2.53. The Bertz CT molecular complexity index is 1250. The van der Waals surface area contributed by atoms with Crippen LogP contribution in [0.3, 0.4) is 0 Å². The summed E-state index contributed by atoms with van der Waals surface area (Å²) in [4.78, 5) is 40.1. The molecule has 0 unspecified atom stereocenters. The summed E-state index contributed by atoms with van der Waals surface area (Å²) in [7, 11) is -3.91. The van der Waals surface area contributed by atoms with E-state index in [-0.39, 0.29) is 30.0 Å². The summed E-state index contributed by atoms with van der Waals surface area (Å²) in [6, 6.07) is 9.98. The number of amides is 2. The predicted octanol–water partition coefficient (Wildman–Crippen LogP) is 4.68. The van der Waals surface area contributed by atoms with Crippen LogP contribution in [-0.2, 0) is 26.2 Å². The number of sulfonamides is 1. The molecule has 0 aliphatic rings. The summed E-state index contributed by atoms with van der Waals surface area (Å²) in [5.41, 5.74) is 1.11. The third-order valence-electron chi connectivity index (χ3n) is 5.94. The van der Waals surface area contributed by atoms with Gasteiger partial charge in [-0.2, -0.15) is 0 Å². The summed E-state index contributed by atoms with van der Waals surface area (Å²) in [5.74, 6) is -1.17. The van der Waals surface area contributed by atoms with Gasteiger partial charge < -0.3 is 10.2 Å². The molecule has 2 aromatic carbocycles. The Kier molecular flexibility index (Phi) is 11.0. The van der Waals surface area contributed by atoms with Gasteiger partial charge in [-0.15, -0.1) is 0 Å². The molecule has 0 aliphatic carbocycles. The molecule has 2 atom stereocenters. The molecule has 8 nitrogen and oxygen atoms in total. The van der Waals surface area contributed by atoms with Crippen molar-refractivity contribution in [3.05, 3.63) is 63.6 Å². The van der Waals surface area contributed by atoms with Gasteiger partial charge in [-0.05, 0) is 56.5 Å². The van der Waals surface area contributed by atoms with Crippen molar-refractivity contribution >= 4 is 56.5 Å². The Hall–Kier alpha value is -2.62. The largest absolute Gasteiger partial charge is 0.352 e. The lowest BCUT2D eigenvalue weighted by atomic mass is 10.1. The Balaban J connectivity index is 2.50. The third kappa shape index (κ3) is 8.45. The SMILES string of the molecule is CC[C@@H](C)NC(=O)[C@H](CC)N(Cc1ccc(Cl)c(Cl)c1)C(=O)CN(c1cccc(C(C)=O)c1)S(C)(=O)=O. The van der Waals surface area contributed by atoms with Gasteiger partial charge in [0.1, 0.15) is 12.6 Å². The number of nitrogens with zero attached hydrogens (tertiary/aromatic N) is 2. The maximum Gasteiger partial charge on any atom is 0.244 e. The second kappa shape index (κ2) is 13.3. The van der Waals surface area contributed by atoms with E-state index in [0.29, 0.717) is 34.0 Å². The Morgan fingerprint density at radius 3 is 2.22 bits per heavy atom. The highest BCUT2D eigenvalue weighted by atomic mass is 35.5.